The molecule has 1 aliphatic rings. The zero-order valence-corrected chi connectivity index (χ0v) is 11.8. The molecule has 1 saturated carbocycles. The Morgan fingerprint density at radius 2 is 1.39 bits per heavy atom. The molecule has 1 fully saturated rings. The van der Waals surface area contributed by atoms with Gasteiger partial charge in [-0.25, -0.2) is 0 Å². The summed E-state index contributed by atoms with van der Waals surface area (Å²) < 4.78 is 76.4. The molecule has 0 saturated heterocycles. The van der Waals surface area contributed by atoms with Crippen LogP contribution in [0, 0.1) is 0 Å². The minimum Gasteiger partial charge on any atom is -0.361 e. The number of anilines is 1. The van der Waals surface area contributed by atoms with Crippen molar-refractivity contribution in [3.8, 4) is 0 Å². The van der Waals surface area contributed by atoms with Crippen LogP contribution in [0.15, 0.2) is 30.0 Å². The first-order chi connectivity index (χ1) is 10.6. The molecule has 0 amide bonds. The van der Waals surface area contributed by atoms with Crippen LogP contribution in [0.25, 0.3) is 0 Å². The number of benzene rings is 1. The summed E-state index contributed by atoms with van der Waals surface area (Å²) in [6, 6.07) is 1.23. The first kappa shape index (κ1) is 17.4. The molecule has 1 aromatic carbocycles. The lowest BCUT2D eigenvalue weighted by Gasteiger charge is -2.16. The number of rotatable bonds is 2. The van der Waals surface area contributed by atoms with E-state index in [0.29, 0.717) is 30.5 Å². The Labute approximate surface area is 128 Å². The van der Waals surface area contributed by atoms with Crippen molar-refractivity contribution >= 4 is 11.5 Å². The van der Waals surface area contributed by atoms with Gasteiger partial charge in [0.2, 0.25) is 0 Å². The van der Waals surface area contributed by atoms with Gasteiger partial charge < -0.3 is 5.32 Å². The van der Waals surface area contributed by atoms with Crippen molar-refractivity contribution in [3.63, 3.8) is 0 Å². The van der Waals surface area contributed by atoms with Crippen LogP contribution in [0.3, 0.4) is 0 Å². The summed E-state index contributed by atoms with van der Waals surface area (Å²) in [4.78, 5) is 11.6. The van der Waals surface area contributed by atoms with Crippen LogP contribution in [0.2, 0.25) is 0 Å². The van der Waals surface area contributed by atoms with Gasteiger partial charge in [0.15, 0.2) is 5.78 Å². The third kappa shape index (κ3) is 4.49. The molecule has 1 aliphatic carbocycles. The van der Waals surface area contributed by atoms with E-state index in [2.05, 4.69) is 5.32 Å². The Hall–Kier alpha value is -1.99. The molecule has 0 radical (unpaired) electrons. The Bertz CT molecular complexity index is 598. The molecule has 1 aromatic rings. The Balaban J connectivity index is 2.34. The van der Waals surface area contributed by atoms with E-state index in [1.807, 2.05) is 0 Å². The van der Waals surface area contributed by atoms with E-state index in [9.17, 15) is 31.1 Å². The van der Waals surface area contributed by atoms with E-state index in [0.717, 1.165) is 12.8 Å². The second-order valence-corrected chi connectivity index (χ2v) is 5.24. The highest BCUT2D eigenvalue weighted by Gasteiger charge is 2.36. The molecule has 23 heavy (non-hydrogen) atoms. The third-order valence-corrected chi connectivity index (χ3v) is 3.46. The average molecular weight is 337 g/mol. The maximum atomic E-state index is 12.7. The first-order valence-electron chi connectivity index (χ1n) is 6.85. The second-order valence-electron chi connectivity index (χ2n) is 5.24. The van der Waals surface area contributed by atoms with Gasteiger partial charge in [-0.05, 0) is 37.5 Å². The summed E-state index contributed by atoms with van der Waals surface area (Å²) in [5.41, 5.74) is -2.79. The van der Waals surface area contributed by atoms with Crippen LogP contribution in [0.4, 0.5) is 32.0 Å². The summed E-state index contributed by atoms with van der Waals surface area (Å²) in [7, 11) is 0. The summed E-state index contributed by atoms with van der Waals surface area (Å²) in [6.07, 6.45) is -6.32. The molecule has 0 spiro atoms. The van der Waals surface area contributed by atoms with Crippen LogP contribution in [-0.2, 0) is 17.1 Å². The van der Waals surface area contributed by atoms with Gasteiger partial charge in [0.05, 0.1) is 11.1 Å². The molecule has 8 heteroatoms. The maximum Gasteiger partial charge on any atom is 0.416 e. The van der Waals surface area contributed by atoms with E-state index in [4.69, 9.17) is 0 Å². The average Bonchev–Trinajstić information content (AvgIpc) is 2.44. The maximum absolute atomic E-state index is 12.7. The van der Waals surface area contributed by atoms with E-state index in [1.165, 1.54) is 6.20 Å². The molecule has 2 rings (SSSR count). The minimum absolute atomic E-state index is 0.0596. The van der Waals surface area contributed by atoms with Crippen molar-refractivity contribution in [2.24, 2.45) is 0 Å². The van der Waals surface area contributed by atoms with Crippen molar-refractivity contribution in [2.45, 2.75) is 38.0 Å². The van der Waals surface area contributed by atoms with Gasteiger partial charge in [-0.15, -0.1) is 0 Å². The van der Waals surface area contributed by atoms with Gasteiger partial charge in [-0.2, -0.15) is 26.3 Å². The van der Waals surface area contributed by atoms with E-state index < -0.39 is 23.5 Å². The number of hydrogen-bond donors (Lipinski definition) is 1. The van der Waals surface area contributed by atoms with Gasteiger partial charge in [0, 0.05) is 23.9 Å². The highest BCUT2D eigenvalue weighted by molar-refractivity contribution is 5.96. The number of alkyl halides is 6. The van der Waals surface area contributed by atoms with E-state index in [1.54, 1.807) is 0 Å². The summed E-state index contributed by atoms with van der Waals surface area (Å²) in [5, 5.41) is 2.39. The molecule has 0 bridgehead atoms. The number of carbonyl (C=O) groups excluding carboxylic acids is 1. The molecule has 1 N–H and O–H groups in total. The second kappa shape index (κ2) is 6.25. The van der Waals surface area contributed by atoms with E-state index in [-0.39, 0.29) is 17.5 Å². The monoisotopic (exact) mass is 337 g/mol. The Kier molecular flexibility index (Phi) is 4.72. The molecule has 0 aromatic heterocycles. The highest BCUT2D eigenvalue weighted by Crippen LogP contribution is 2.37. The predicted octanol–water partition coefficient (Wildman–Crippen LogP) is 5.16. The SMILES string of the molecule is O=C1CCCC/C1=C/Nc1cc(C(F)(F)F)cc(C(F)(F)F)c1. The lowest BCUT2D eigenvalue weighted by Crippen LogP contribution is -2.12. The fourth-order valence-corrected chi connectivity index (χ4v) is 2.26. The number of nitrogens with one attached hydrogen (secondary N) is 1. The number of hydrogen-bond acceptors (Lipinski definition) is 2. The van der Waals surface area contributed by atoms with Crippen molar-refractivity contribution in [3.05, 3.63) is 41.1 Å². The molecule has 0 heterocycles. The molecule has 126 valence electrons. The first-order valence-corrected chi connectivity index (χ1v) is 6.85. The topological polar surface area (TPSA) is 29.1 Å². The number of allylic oxidation sites excluding steroid dienone is 1. The lowest BCUT2D eigenvalue weighted by atomic mass is 9.94. The van der Waals surface area contributed by atoms with Crippen molar-refractivity contribution in [2.75, 3.05) is 5.32 Å². The molecule has 0 unspecified atom stereocenters. The van der Waals surface area contributed by atoms with Crippen LogP contribution in [0.5, 0.6) is 0 Å². The normalized spacial score (nSPS) is 18.3. The molecule has 0 aliphatic heterocycles. The Morgan fingerprint density at radius 3 is 1.87 bits per heavy atom. The zero-order chi connectivity index (χ0) is 17.3. The number of halogens is 6. The minimum atomic E-state index is -4.90. The highest BCUT2D eigenvalue weighted by atomic mass is 19.4. The van der Waals surface area contributed by atoms with Crippen molar-refractivity contribution in [1.82, 2.24) is 0 Å². The molecule has 0 atom stereocenters. The van der Waals surface area contributed by atoms with Gasteiger partial charge in [-0.3, -0.25) is 4.79 Å². The van der Waals surface area contributed by atoms with E-state index >= 15 is 0 Å². The smallest absolute Gasteiger partial charge is 0.361 e. The summed E-state index contributed by atoms with van der Waals surface area (Å²) in [5.74, 6) is -0.147. The van der Waals surface area contributed by atoms with Crippen LogP contribution >= 0.6 is 0 Å². The quantitative estimate of drug-likeness (QED) is 0.596. The molecule has 2 nitrogen and oxygen atoms in total. The fourth-order valence-electron chi connectivity index (χ4n) is 2.26. The van der Waals surface area contributed by atoms with Crippen molar-refractivity contribution < 1.29 is 31.1 Å². The fraction of sp³-hybridized carbons (Fsp3) is 0.400. The lowest BCUT2D eigenvalue weighted by molar-refractivity contribution is -0.143. The third-order valence-electron chi connectivity index (χ3n) is 3.46. The largest absolute Gasteiger partial charge is 0.416 e. The predicted molar refractivity (Wildman–Crippen MR) is 71.6 cm³/mol. The van der Waals surface area contributed by atoms with Crippen LogP contribution in [0.1, 0.15) is 36.8 Å². The zero-order valence-electron chi connectivity index (χ0n) is 11.8. The standard InChI is InChI=1S/C15H13F6NO/c16-14(17,18)10-5-11(15(19,20)21)7-12(6-10)22-8-9-3-1-2-4-13(9)23/h5-8,22H,1-4H2/b9-8-. The van der Waals surface area contributed by atoms with Crippen LogP contribution in [-0.4, -0.2) is 5.78 Å². The number of Topliss-reactive ketones (excluding diaryl/α,β-unsaturated/α-hetero) is 1. The van der Waals surface area contributed by atoms with Gasteiger partial charge in [0.25, 0.3) is 0 Å². The van der Waals surface area contributed by atoms with Gasteiger partial charge in [-0.1, -0.05) is 0 Å². The number of carbonyl (C=O) groups is 1. The molecular weight excluding hydrogens is 324 g/mol. The summed E-state index contributed by atoms with van der Waals surface area (Å²) >= 11 is 0. The number of ketones is 1. The van der Waals surface area contributed by atoms with Gasteiger partial charge in [0.1, 0.15) is 0 Å². The van der Waals surface area contributed by atoms with Gasteiger partial charge >= 0.3 is 12.4 Å². The molecular formula is C15H13F6NO. The van der Waals surface area contributed by atoms with Crippen LogP contribution < -0.4 is 5.32 Å². The van der Waals surface area contributed by atoms with Crippen molar-refractivity contribution in [1.29, 1.82) is 0 Å². The summed E-state index contributed by atoms with van der Waals surface area (Å²) in [6.45, 7) is 0. The Morgan fingerprint density at radius 1 is 0.870 bits per heavy atom.